The summed E-state index contributed by atoms with van der Waals surface area (Å²) in [6.07, 6.45) is 5.78. The second-order valence-corrected chi connectivity index (χ2v) is 8.69. The smallest absolute Gasteiger partial charge is 0.261 e. The molecule has 0 saturated carbocycles. The summed E-state index contributed by atoms with van der Waals surface area (Å²) in [5, 5.41) is 2.81. The molecule has 0 bridgehead atoms. The van der Waals surface area contributed by atoms with Crippen molar-refractivity contribution in [2.75, 3.05) is 25.0 Å². The molecule has 0 aromatic heterocycles. The van der Waals surface area contributed by atoms with E-state index in [1.807, 2.05) is 24.3 Å². The number of rotatable bonds is 10. The molecule has 3 aromatic carbocycles. The van der Waals surface area contributed by atoms with Crippen LogP contribution in [0.5, 0.6) is 11.5 Å². The monoisotopic (exact) mass is 464 g/mol. The summed E-state index contributed by atoms with van der Waals surface area (Å²) in [6.45, 7) is 0.601. The standard InChI is InChI=1S/C25H24N2O5S/c1-3-17-32-23-11-7-19(8-12-23)15-16-26-25(28)20-5-4-6-24(18-20)33(29,30)27-21-9-13-22(31-2)14-10-21/h1,4-14,18,27H,15-17H2,2H3,(H,26,28). The largest absolute Gasteiger partial charge is 0.497 e. The zero-order chi connectivity index (χ0) is 23.7. The van der Waals surface area contributed by atoms with Gasteiger partial charge in [-0.05, 0) is 66.6 Å². The fraction of sp³-hybridized carbons (Fsp3) is 0.160. The Balaban J connectivity index is 1.58. The third-order valence-corrected chi connectivity index (χ3v) is 6.07. The van der Waals surface area contributed by atoms with Crippen molar-refractivity contribution in [3.8, 4) is 23.8 Å². The summed E-state index contributed by atoms with van der Waals surface area (Å²) in [6, 6.07) is 19.8. The van der Waals surface area contributed by atoms with E-state index < -0.39 is 10.0 Å². The molecule has 0 unspecified atom stereocenters. The first-order valence-electron chi connectivity index (χ1n) is 10.1. The third-order valence-electron chi connectivity index (χ3n) is 4.69. The third kappa shape index (κ3) is 6.76. The van der Waals surface area contributed by atoms with Crippen LogP contribution in [0.3, 0.4) is 0 Å². The van der Waals surface area contributed by atoms with Crippen LogP contribution in [0.4, 0.5) is 5.69 Å². The second kappa shape index (κ2) is 11.1. The number of methoxy groups -OCH3 is 1. The maximum absolute atomic E-state index is 12.7. The zero-order valence-corrected chi connectivity index (χ0v) is 18.9. The van der Waals surface area contributed by atoms with Crippen molar-refractivity contribution < 1.29 is 22.7 Å². The molecule has 8 heteroatoms. The van der Waals surface area contributed by atoms with Gasteiger partial charge in [-0.3, -0.25) is 9.52 Å². The van der Waals surface area contributed by atoms with Crippen LogP contribution in [-0.4, -0.2) is 34.6 Å². The first-order valence-corrected chi connectivity index (χ1v) is 11.6. The molecule has 3 rings (SSSR count). The van der Waals surface area contributed by atoms with E-state index in [1.54, 1.807) is 30.3 Å². The number of anilines is 1. The average molecular weight is 465 g/mol. The van der Waals surface area contributed by atoms with Crippen LogP contribution >= 0.6 is 0 Å². The summed E-state index contributed by atoms with van der Waals surface area (Å²) in [7, 11) is -2.33. The number of terminal acetylenes is 1. The minimum absolute atomic E-state index is 0.00599. The number of carbonyl (C=O) groups is 1. The molecular weight excluding hydrogens is 440 g/mol. The lowest BCUT2D eigenvalue weighted by atomic mass is 10.1. The van der Waals surface area contributed by atoms with Crippen molar-refractivity contribution in [1.82, 2.24) is 5.32 Å². The molecule has 0 aliphatic rings. The van der Waals surface area contributed by atoms with E-state index in [4.69, 9.17) is 15.9 Å². The molecule has 0 heterocycles. The summed E-state index contributed by atoms with van der Waals surface area (Å²) in [5.74, 6) is 3.35. The Morgan fingerprint density at radius 3 is 2.36 bits per heavy atom. The predicted octanol–water partition coefficient (Wildman–Crippen LogP) is 3.48. The van der Waals surface area contributed by atoms with Gasteiger partial charge in [0, 0.05) is 17.8 Å². The molecular formula is C25H24N2O5S. The van der Waals surface area contributed by atoms with Crippen LogP contribution in [0.2, 0.25) is 0 Å². The molecule has 0 aliphatic carbocycles. The molecule has 170 valence electrons. The van der Waals surface area contributed by atoms with Gasteiger partial charge >= 0.3 is 0 Å². The van der Waals surface area contributed by atoms with Crippen LogP contribution < -0.4 is 19.5 Å². The van der Waals surface area contributed by atoms with Crippen LogP contribution in [0, 0.1) is 12.3 Å². The van der Waals surface area contributed by atoms with E-state index in [0.29, 0.717) is 30.2 Å². The Morgan fingerprint density at radius 2 is 1.70 bits per heavy atom. The summed E-state index contributed by atoms with van der Waals surface area (Å²) in [5.41, 5.74) is 1.66. The highest BCUT2D eigenvalue weighted by Crippen LogP contribution is 2.20. The Labute approximate surface area is 193 Å². The maximum Gasteiger partial charge on any atom is 0.261 e. The number of nitrogens with one attached hydrogen (secondary N) is 2. The first kappa shape index (κ1) is 23.7. The van der Waals surface area contributed by atoms with Gasteiger partial charge in [0.1, 0.15) is 18.1 Å². The van der Waals surface area contributed by atoms with E-state index >= 15 is 0 Å². The van der Waals surface area contributed by atoms with Gasteiger partial charge in [-0.25, -0.2) is 8.42 Å². The van der Waals surface area contributed by atoms with Crippen molar-refractivity contribution >= 4 is 21.6 Å². The second-order valence-electron chi connectivity index (χ2n) is 7.00. The van der Waals surface area contributed by atoms with Gasteiger partial charge in [-0.2, -0.15) is 0 Å². The van der Waals surface area contributed by atoms with Gasteiger partial charge < -0.3 is 14.8 Å². The van der Waals surface area contributed by atoms with E-state index in [1.165, 1.54) is 25.3 Å². The quantitative estimate of drug-likeness (QED) is 0.448. The Hall–Kier alpha value is -3.96. The van der Waals surface area contributed by atoms with E-state index in [-0.39, 0.29) is 23.0 Å². The molecule has 0 atom stereocenters. The first-order chi connectivity index (χ1) is 15.9. The van der Waals surface area contributed by atoms with Gasteiger partial charge in [0.2, 0.25) is 0 Å². The number of carbonyl (C=O) groups excluding carboxylic acids is 1. The molecule has 0 spiro atoms. The molecule has 0 saturated heterocycles. The fourth-order valence-corrected chi connectivity index (χ4v) is 4.08. The number of hydrogen-bond donors (Lipinski definition) is 2. The highest BCUT2D eigenvalue weighted by atomic mass is 32.2. The lowest BCUT2D eigenvalue weighted by molar-refractivity contribution is 0.0954. The van der Waals surface area contributed by atoms with Gasteiger partial charge in [-0.1, -0.05) is 24.1 Å². The van der Waals surface area contributed by atoms with Crippen LogP contribution in [0.1, 0.15) is 15.9 Å². The number of sulfonamides is 1. The molecule has 0 radical (unpaired) electrons. The van der Waals surface area contributed by atoms with Crippen LogP contribution in [0.15, 0.2) is 77.7 Å². The van der Waals surface area contributed by atoms with Gasteiger partial charge in [0.25, 0.3) is 15.9 Å². The number of hydrogen-bond acceptors (Lipinski definition) is 5. The number of ether oxygens (including phenoxy) is 2. The zero-order valence-electron chi connectivity index (χ0n) is 18.1. The van der Waals surface area contributed by atoms with Crippen molar-refractivity contribution in [3.63, 3.8) is 0 Å². The maximum atomic E-state index is 12.7. The molecule has 0 fully saturated rings. The lowest BCUT2D eigenvalue weighted by Gasteiger charge is -2.10. The van der Waals surface area contributed by atoms with E-state index in [9.17, 15) is 13.2 Å². The number of benzene rings is 3. The summed E-state index contributed by atoms with van der Waals surface area (Å²) in [4.78, 5) is 12.5. The molecule has 3 aromatic rings. The van der Waals surface area contributed by atoms with Crippen LogP contribution in [-0.2, 0) is 16.4 Å². The van der Waals surface area contributed by atoms with E-state index in [0.717, 1.165) is 5.56 Å². The normalized spacial score (nSPS) is 10.7. The number of amides is 1. The van der Waals surface area contributed by atoms with Crippen molar-refractivity contribution in [2.45, 2.75) is 11.3 Å². The predicted molar refractivity (Wildman–Crippen MR) is 127 cm³/mol. The minimum atomic E-state index is -3.86. The molecule has 2 N–H and O–H groups in total. The average Bonchev–Trinajstić information content (AvgIpc) is 2.84. The highest BCUT2D eigenvalue weighted by molar-refractivity contribution is 7.92. The molecule has 7 nitrogen and oxygen atoms in total. The van der Waals surface area contributed by atoms with Gasteiger partial charge in [-0.15, -0.1) is 6.42 Å². The molecule has 0 aliphatic heterocycles. The van der Waals surface area contributed by atoms with Crippen molar-refractivity contribution in [3.05, 3.63) is 83.9 Å². The Kier molecular flexibility index (Phi) is 7.95. The van der Waals surface area contributed by atoms with Gasteiger partial charge in [0.15, 0.2) is 0 Å². The Morgan fingerprint density at radius 1 is 1.00 bits per heavy atom. The molecule has 1 amide bonds. The molecule has 33 heavy (non-hydrogen) atoms. The summed E-state index contributed by atoms with van der Waals surface area (Å²) >= 11 is 0. The topological polar surface area (TPSA) is 93.7 Å². The van der Waals surface area contributed by atoms with E-state index in [2.05, 4.69) is 16.0 Å². The van der Waals surface area contributed by atoms with Crippen LogP contribution in [0.25, 0.3) is 0 Å². The highest BCUT2D eigenvalue weighted by Gasteiger charge is 2.16. The van der Waals surface area contributed by atoms with Gasteiger partial charge in [0.05, 0.1) is 12.0 Å². The van der Waals surface area contributed by atoms with Crippen molar-refractivity contribution in [1.29, 1.82) is 0 Å². The minimum Gasteiger partial charge on any atom is -0.497 e. The fourth-order valence-electron chi connectivity index (χ4n) is 2.98. The SMILES string of the molecule is C#CCOc1ccc(CCNC(=O)c2cccc(S(=O)(=O)Nc3ccc(OC)cc3)c2)cc1. The Bertz CT molecular complexity index is 1230. The lowest BCUT2D eigenvalue weighted by Crippen LogP contribution is -2.26. The summed E-state index contributed by atoms with van der Waals surface area (Å²) < 4.78 is 38.4. The van der Waals surface area contributed by atoms with Crippen molar-refractivity contribution in [2.24, 2.45) is 0 Å².